The lowest BCUT2D eigenvalue weighted by Crippen LogP contribution is -2.57. The van der Waals surface area contributed by atoms with Crippen LogP contribution < -0.4 is 9.64 Å². The van der Waals surface area contributed by atoms with Gasteiger partial charge in [-0.3, -0.25) is 14.8 Å². The number of hydrogen-bond acceptors (Lipinski definition) is 10. The van der Waals surface area contributed by atoms with Gasteiger partial charge in [-0.05, 0) is 78.5 Å². The molecule has 0 radical (unpaired) electrons. The summed E-state index contributed by atoms with van der Waals surface area (Å²) in [7, 11) is 0. The molecule has 8 rings (SSSR count). The third kappa shape index (κ3) is 4.97. The zero-order chi connectivity index (χ0) is 30.9. The molecular formula is C33H38FN7O3S. The van der Waals surface area contributed by atoms with Crippen molar-refractivity contribution in [3.8, 4) is 17.3 Å². The monoisotopic (exact) mass is 631 g/mol. The van der Waals surface area contributed by atoms with Crippen LogP contribution in [0.3, 0.4) is 0 Å². The van der Waals surface area contributed by atoms with Crippen LogP contribution in [0.4, 0.5) is 15.0 Å². The predicted octanol–water partition coefficient (Wildman–Crippen LogP) is 6.04. The molecule has 0 aliphatic carbocycles. The van der Waals surface area contributed by atoms with Gasteiger partial charge in [-0.2, -0.15) is 9.97 Å². The summed E-state index contributed by atoms with van der Waals surface area (Å²) in [5.74, 6) is 0.0751. The van der Waals surface area contributed by atoms with E-state index in [1.807, 2.05) is 43.9 Å². The van der Waals surface area contributed by atoms with Crippen molar-refractivity contribution >= 4 is 44.4 Å². The number of hydrogen-bond donors (Lipinski definition) is 0. The highest BCUT2D eigenvalue weighted by Crippen LogP contribution is 2.41. The standard InChI is InChI=1S/C33H38FN7O3S/c1-32(2,3)44-31(42)41-20-9-10-21(41)17-39(16-20)29-23-15-35-27(22-7-4-8-24-26(22)36-19-45-24)25(34)28(23)37-30(38-29)43-18-33-11-5-13-40(33)14-6-12-33/h4,7-8,15,19-21H,5-6,9-14,16-18H2,1-3H3/t20-,21+. The van der Waals surface area contributed by atoms with Gasteiger partial charge in [-0.15, -0.1) is 11.3 Å². The van der Waals surface area contributed by atoms with Gasteiger partial charge in [0, 0.05) is 24.8 Å². The van der Waals surface area contributed by atoms with Gasteiger partial charge in [-0.25, -0.2) is 14.2 Å². The minimum atomic E-state index is -0.569. The number of aromatic nitrogens is 4. The minimum absolute atomic E-state index is 0.00115. The number of pyridine rings is 1. The molecule has 3 aromatic heterocycles. The van der Waals surface area contributed by atoms with Crippen molar-refractivity contribution < 1.29 is 18.7 Å². The molecule has 1 aromatic carbocycles. The Morgan fingerprint density at radius 2 is 1.82 bits per heavy atom. The second-order valence-corrected chi connectivity index (χ2v) is 14.8. The number of halogens is 1. The number of piperazine rings is 1. The van der Waals surface area contributed by atoms with Crippen molar-refractivity contribution in [3.05, 3.63) is 35.7 Å². The van der Waals surface area contributed by atoms with E-state index in [9.17, 15) is 4.79 Å². The SMILES string of the molecule is CC(C)(C)OC(=O)N1[C@@H]2CC[C@H]1CN(c1nc(OCC34CCCN3CCC4)nc3c(F)c(-c4cccc5scnc45)ncc13)C2. The smallest absolute Gasteiger partial charge is 0.410 e. The van der Waals surface area contributed by atoms with Crippen molar-refractivity contribution in [1.29, 1.82) is 0 Å². The number of anilines is 1. The van der Waals surface area contributed by atoms with Gasteiger partial charge in [0.25, 0.3) is 0 Å². The molecule has 7 heterocycles. The molecule has 0 saturated carbocycles. The molecule has 4 fully saturated rings. The first-order valence-electron chi connectivity index (χ1n) is 16.0. The first-order valence-corrected chi connectivity index (χ1v) is 16.9. The molecular weight excluding hydrogens is 593 g/mol. The molecule has 45 heavy (non-hydrogen) atoms. The Morgan fingerprint density at radius 3 is 2.56 bits per heavy atom. The van der Waals surface area contributed by atoms with Gasteiger partial charge in [0.2, 0.25) is 0 Å². The molecule has 236 valence electrons. The maximum absolute atomic E-state index is 16.6. The number of fused-ring (bicyclic) bond motifs is 5. The number of rotatable bonds is 5. The van der Waals surface area contributed by atoms with Crippen LogP contribution in [0.15, 0.2) is 29.9 Å². The highest BCUT2D eigenvalue weighted by atomic mass is 32.1. The van der Waals surface area contributed by atoms with E-state index in [1.165, 1.54) is 11.3 Å². The summed E-state index contributed by atoms with van der Waals surface area (Å²) in [6, 6.07) is 5.83. The largest absolute Gasteiger partial charge is 0.461 e. The molecule has 4 aliphatic rings. The van der Waals surface area contributed by atoms with E-state index in [4.69, 9.17) is 19.4 Å². The molecule has 0 unspecified atom stereocenters. The molecule has 4 aliphatic heterocycles. The van der Waals surface area contributed by atoms with E-state index in [0.717, 1.165) is 61.8 Å². The second kappa shape index (κ2) is 10.7. The summed E-state index contributed by atoms with van der Waals surface area (Å²) in [5.41, 5.74) is 2.93. The Morgan fingerprint density at radius 1 is 1.07 bits per heavy atom. The molecule has 1 amide bonds. The molecule has 2 bridgehead atoms. The second-order valence-electron chi connectivity index (χ2n) is 13.9. The van der Waals surface area contributed by atoms with Gasteiger partial charge in [0.05, 0.1) is 38.7 Å². The molecule has 0 N–H and O–H groups in total. The Kier molecular flexibility index (Phi) is 6.86. The third-order valence-electron chi connectivity index (χ3n) is 9.93. The first kappa shape index (κ1) is 28.8. The van der Waals surface area contributed by atoms with Gasteiger partial charge in [0.15, 0.2) is 5.82 Å². The summed E-state index contributed by atoms with van der Waals surface area (Å²) in [6.07, 6.45) is 7.63. The van der Waals surface area contributed by atoms with E-state index in [1.54, 1.807) is 11.7 Å². The van der Waals surface area contributed by atoms with E-state index >= 15 is 4.39 Å². The lowest BCUT2D eigenvalue weighted by Gasteiger charge is -2.42. The quantitative estimate of drug-likeness (QED) is 0.261. The number of benzene rings is 1. The Labute approximate surface area is 265 Å². The molecule has 12 heteroatoms. The highest BCUT2D eigenvalue weighted by Gasteiger charge is 2.46. The zero-order valence-corrected chi connectivity index (χ0v) is 26.8. The lowest BCUT2D eigenvalue weighted by atomic mass is 9.95. The average Bonchev–Trinajstić information content (AvgIpc) is 3.78. The van der Waals surface area contributed by atoms with Crippen LogP contribution in [0.1, 0.15) is 59.3 Å². The van der Waals surface area contributed by atoms with Gasteiger partial charge in [0.1, 0.15) is 29.2 Å². The van der Waals surface area contributed by atoms with Crippen LogP contribution in [-0.2, 0) is 4.74 Å². The van der Waals surface area contributed by atoms with Crippen LogP contribution in [0, 0.1) is 5.82 Å². The Bertz CT molecular complexity index is 1770. The maximum atomic E-state index is 16.6. The number of carbonyl (C=O) groups is 1. The van der Waals surface area contributed by atoms with Crippen LogP contribution in [0.2, 0.25) is 0 Å². The third-order valence-corrected chi connectivity index (χ3v) is 10.7. The number of para-hydroxylation sites is 1. The number of amides is 1. The fraction of sp³-hybridized carbons (Fsp3) is 0.545. The lowest BCUT2D eigenvalue weighted by molar-refractivity contribution is 0.0122. The number of carbonyl (C=O) groups excluding carboxylic acids is 1. The van der Waals surface area contributed by atoms with Crippen LogP contribution in [0.25, 0.3) is 32.4 Å². The fourth-order valence-corrected chi connectivity index (χ4v) is 8.64. The Hall–Kier alpha value is -3.64. The van der Waals surface area contributed by atoms with Crippen LogP contribution >= 0.6 is 11.3 Å². The fourth-order valence-electron chi connectivity index (χ4n) is 7.94. The van der Waals surface area contributed by atoms with E-state index < -0.39 is 11.4 Å². The minimum Gasteiger partial charge on any atom is -0.461 e. The predicted molar refractivity (Wildman–Crippen MR) is 171 cm³/mol. The number of thiazole rings is 1. The first-order chi connectivity index (χ1) is 21.7. The number of nitrogens with zero attached hydrogens (tertiary/aromatic N) is 7. The molecule has 10 nitrogen and oxygen atoms in total. The summed E-state index contributed by atoms with van der Waals surface area (Å²) in [5, 5.41) is 0.528. The van der Waals surface area contributed by atoms with Crippen molar-refractivity contribution in [3.63, 3.8) is 0 Å². The average molecular weight is 632 g/mol. The van der Waals surface area contributed by atoms with E-state index in [-0.39, 0.29) is 40.9 Å². The van der Waals surface area contributed by atoms with Crippen LogP contribution in [-0.4, -0.2) is 91.8 Å². The van der Waals surface area contributed by atoms with Crippen LogP contribution in [0.5, 0.6) is 6.01 Å². The summed E-state index contributed by atoms with van der Waals surface area (Å²) in [4.78, 5) is 38.5. The van der Waals surface area contributed by atoms with Gasteiger partial charge >= 0.3 is 12.1 Å². The topological polar surface area (TPSA) is 96.8 Å². The normalized spacial score (nSPS) is 22.8. The van der Waals surface area contributed by atoms with Crippen molar-refractivity contribution in [1.82, 2.24) is 29.7 Å². The number of ether oxygens (including phenoxy) is 2. The summed E-state index contributed by atoms with van der Waals surface area (Å²) in [6.45, 7) is 9.43. The van der Waals surface area contributed by atoms with Crippen molar-refractivity contribution in [2.24, 2.45) is 0 Å². The van der Waals surface area contributed by atoms with Crippen molar-refractivity contribution in [2.75, 3.05) is 37.7 Å². The summed E-state index contributed by atoms with van der Waals surface area (Å²) < 4.78 is 29.8. The molecule has 2 atom stereocenters. The highest BCUT2D eigenvalue weighted by molar-refractivity contribution is 7.16. The summed E-state index contributed by atoms with van der Waals surface area (Å²) >= 11 is 1.51. The molecule has 4 saturated heterocycles. The molecule has 4 aromatic rings. The van der Waals surface area contributed by atoms with Crippen molar-refractivity contribution in [2.45, 2.75) is 82.5 Å². The van der Waals surface area contributed by atoms with E-state index in [0.29, 0.717) is 36.5 Å². The Balaban J connectivity index is 1.18. The molecule has 0 spiro atoms. The zero-order valence-electron chi connectivity index (χ0n) is 26.0. The maximum Gasteiger partial charge on any atom is 0.410 e. The van der Waals surface area contributed by atoms with Gasteiger partial charge in [-0.1, -0.05) is 12.1 Å². The van der Waals surface area contributed by atoms with E-state index in [2.05, 4.69) is 19.8 Å². The van der Waals surface area contributed by atoms with Gasteiger partial charge < -0.3 is 14.4 Å².